The van der Waals surface area contributed by atoms with Crippen LogP contribution >= 0.6 is 11.3 Å². The van der Waals surface area contributed by atoms with Crippen molar-refractivity contribution < 1.29 is 4.74 Å². The molecule has 5 heteroatoms. The van der Waals surface area contributed by atoms with Gasteiger partial charge in [-0.1, -0.05) is 0 Å². The molecule has 2 N–H and O–H groups in total. The van der Waals surface area contributed by atoms with Crippen LogP contribution in [0, 0.1) is 13.8 Å². The molecule has 16 heavy (non-hydrogen) atoms. The third-order valence-corrected chi connectivity index (χ3v) is 3.63. The molecule has 0 radical (unpaired) electrons. The van der Waals surface area contributed by atoms with Gasteiger partial charge in [-0.15, -0.1) is 11.3 Å². The van der Waals surface area contributed by atoms with E-state index in [1.807, 2.05) is 0 Å². The number of hydrogen-bond acceptors (Lipinski definition) is 5. The molecule has 2 aromatic heterocycles. The molecular weight excluding hydrogens is 222 g/mol. The van der Waals surface area contributed by atoms with Crippen LogP contribution in [0.4, 0.5) is 0 Å². The van der Waals surface area contributed by atoms with Crippen molar-refractivity contribution in [3.63, 3.8) is 0 Å². The van der Waals surface area contributed by atoms with E-state index >= 15 is 0 Å². The van der Waals surface area contributed by atoms with Gasteiger partial charge in [0.15, 0.2) is 0 Å². The molecule has 2 heterocycles. The zero-order valence-electron chi connectivity index (χ0n) is 9.49. The molecule has 0 aromatic carbocycles. The van der Waals surface area contributed by atoms with Crippen LogP contribution in [-0.4, -0.2) is 23.1 Å². The van der Waals surface area contributed by atoms with Gasteiger partial charge in [0.05, 0.1) is 12.0 Å². The average Bonchev–Trinajstić information content (AvgIpc) is 2.56. The summed E-state index contributed by atoms with van der Waals surface area (Å²) in [6.45, 7) is 5.41. The third kappa shape index (κ3) is 2.01. The van der Waals surface area contributed by atoms with Crippen LogP contribution in [0.25, 0.3) is 10.2 Å². The first-order valence-corrected chi connectivity index (χ1v) is 6.09. The molecule has 0 saturated heterocycles. The SMILES string of the molecule is Cc1sc2ncnc(OCCCN)c2c1C. The second kappa shape index (κ2) is 4.76. The van der Waals surface area contributed by atoms with Crippen LogP contribution in [0.3, 0.4) is 0 Å². The number of thiophene rings is 1. The van der Waals surface area contributed by atoms with E-state index in [-0.39, 0.29) is 0 Å². The predicted octanol–water partition coefficient (Wildman–Crippen LogP) is 2.04. The van der Waals surface area contributed by atoms with Gasteiger partial charge in [-0.05, 0) is 32.4 Å². The summed E-state index contributed by atoms with van der Waals surface area (Å²) in [5.74, 6) is 0.681. The van der Waals surface area contributed by atoms with Gasteiger partial charge < -0.3 is 10.5 Å². The van der Waals surface area contributed by atoms with Gasteiger partial charge in [0.2, 0.25) is 5.88 Å². The minimum absolute atomic E-state index is 0.608. The highest BCUT2D eigenvalue weighted by molar-refractivity contribution is 7.18. The van der Waals surface area contributed by atoms with Crippen molar-refractivity contribution in [3.05, 3.63) is 16.8 Å². The van der Waals surface area contributed by atoms with E-state index in [9.17, 15) is 0 Å². The first-order chi connectivity index (χ1) is 7.74. The summed E-state index contributed by atoms with van der Waals surface area (Å²) in [6, 6.07) is 0. The molecule has 0 aliphatic rings. The van der Waals surface area contributed by atoms with Crippen molar-refractivity contribution >= 4 is 21.6 Å². The lowest BCUT2D eigenvalue weighted by Crippen LogP contribution is -2.07. The molecular formula is C11H15N3OS. The molecule has 0 saturated carbocycles. The van der Waals surface area contributed by atoms with Gasteiger partial charge in [-0.3, -0.25) is 0 Å². The lowest BCUT2D eigenvalue weighted by Gasteiger charge is -2.05. The normalized spacial score (nSPS) is 10.9. The fourth-order valence-corrected chi connectivity index (χ4v) is 2.50. The van der Waals surface area contributed by atoms with Crippen molar-refractivity contribution in [1.29, 1.82) is 0 Å². The van der Waals surface area contributed by atoms with Crippen LogP contribution in [0.5, 0.6) is 5.88 Å². The fraction of sp³-hybridized carbons (Fsp3) is 0.455. The molecule has 4 nitrogen and oxygen atoms in total. The lowest BCUT2D eigenvalue weighted by atomic mass is 10.2. The summed E-state index contributed by atoms with van der Waals surface area (Å²) in [5, 5.41) is 1.04. The predicted molar refractivity (Wildman–Crippen MR) is 66.1 cm³/mol. The van der Waals surface area contributed by atoms with Gasteiger partial charge >= 0.3 is 0 Å². The van der Waals surface area contributed by atoms with Gasteiger partial charge in [0.1, 0.15) is 11.2 Å². The van der Waals surface area contributed by atoms with Crippen molar-refractivity contribution in [2.45, 2.75) is 20.3 Å². The molecule has 0 amide bonds. The van der Waals surface area contributed by atoms with Crippen LogP contribution in [0.15, 0.2) is 6.33 Å². The largest absolute Gasteiger partial charge is 0.477 e. The van der Waals surface area contributed by atoms with E-state index in [1.165, 1.54) is 10.4 Å². The number of nitrogens with two attached hydrogens (primary N) is 1. The Morgan fingerprint density at radius 1 is 1.38 bits per heavy atom. The van der Waals surface area contributed by atoms with Gasteiger partial charge in [-0.2, -0.15) is 0 Å². The molecule has 0 aliphatic heterocycles. The number of aromatic nitrogens is 2. The number of hydrogen-bond donors (Lipinski definition) is 1. The van der Waals surface area contributed by atoms with E-state index in [0.717, 1.165) is 16.6 Å². The van der Waals surface area contributed by atoms with E-state index in [2.05, 4.69) is 23.8 Å². The van der Waals surface area contributed by atoms with Crippen molar-refractivity contribution in [1.82, 2.24) is 9.97 Å². The maximum atomic E-state index is 5.63. The van der Waals surface area contributed by atoms with Gasteiger partial charge in [-0.25, -0.2) is 9.97 Å². The van der Waals surface area contributed by atoms with E-state index < -0.39 is 0 Å². The fourth-order valence-electron chi connectivity index (χ4n) is 1.51. The zero-order valence-corrected chi connectivity index (χ0v) is 10.3. The Morgan fingerprint density at radius 2 is 2.19 bits per heavy atom. The molecule has 0 bridgehead atoms. The highest BCUT2D eigenvalue weighted by atomic mass is 32.1. The van der Waals surface area contributed by atoms with Crippen LogP contribution in [0.1, 0.15) is 16.9 Å². The second-order valence-electron chi connectivity index (χ2n) is 3.63. The topological polar surface area (TPSA) is 61.0 Å². The summed E-state index contributed by atoms with van der Waals surface area (Å²) in [5.41, 5.74) is 6.64. The highest BCUT2D eigenvalue weighted by Gasteiger charge is 2.12. The minimum atomic E-state index is 0.608. The van der Waals surface area contributed by atoms with E-state index in [1.54, 1.807) is 17.7 Å². The molecule has 2 aromatic rings. The van der Waals surface area contributed by atoms with Crippen molar-refractivity contribution in [2.75, 3.05) is 13.2 Å². The van der Waals surface area contributed by atoms with Gasteiger partial charge in [0, 0.05) is 4.88 Å². The Balaban J connectivity index is 2.36. The van der Waals surface area contributed by atoms with Crippen LogP contribution in [0.2, 0.25) is 0 Å². The smallest absolute Gasteiger partial charge is 0.225 e. The van der Waals surface area contributed by atoms with Crippen LogP contribution < -0.4 is 10.5 Å². The third-order valence-electron chi connectivity index (χ3n) is 2.52. The molecule has 0 unspecified atom stereocenters. The second-order valence-corrected chi connectivity index (χ2v) is 4.84. The Kier molecular flexibility index (Phi) is 3.36. The molecule has 2 rings (SSSR count). The van der Waals surface area contributed by atoms with Crippen molar-refractivity contribution in [2.24, 2.45) is 5.73 Å². The summed E-state index contributed by atoms with van der Waals surface area (Å²) in [6.07, 6.45) is 2.39. The minimum Gasteiger partial charge on any atom is -0.477 e. The lowest BCUT2D eigenvalue weighted by molar-refractivity contribution is 0.305. The summed E-state index contributed by atoms with van der Waals surface area (Å²) in [4.78, 5) is 10.7. The van der Waals surface area contributed by atoms with Crippen LogP contribution in [-0.2, 0) is 0 Å². The molecule has 0 aliphatic carbocycles. The monoisotopic (exact) mass is 237 g/mol. The Labute approximate surface area is 98.5 Å². The molecule has 0 fully saturated rings. The van der Waals surface area contributed by atoms with E-state index in [4.69, 9.17) is 10.5 Å². The number of aryl methyl sites for hydroxylation is 2. The maximum absolute atomic E-state index is 5.63. The number of rotatable bonds is 4. The molecule has 86 valence electrons. The Morgan fingerprint density at radius 3 is 2.94 bits per heavy atom. The number of nitrogens with zero attached hydrogens (tertiary/aromatic N) is 2. The maximum Gasteiger partial charge on any atom is 0.225 e. The highest BCUT2D eigenvalue weighted by Crippen LogP contribution is 2.33. The first-order valence-electron chi connectivity index (χ1n) is 5.27. The average molecular weight is 237 g/mol. The quantitative estimate of drug-likeness (QED) is 0.827. The summed E-state index contributed by atoms with van der Waals surface area (Å²) in [7, 11) is 0. The summed E-state index contributed by atoms with van der Waals surface area (Å²) < 4.78 is 5.63. The Hall–Kier alpha value is -1.20. The van der Waals surface area contributed by atoms with Crippen molar-refractivity contribution in [3.8, 4) is 5.88 Å². The first kappa shape index (κ1) is 11.3. The number of fused-ring (bicyclic) bond motifs is 1. The standard InChI is InChI=1S/C11H15N3OS/c1-7-8(2)16-11-9(7)10(13-6-14-11)15-5-3-4-12/h6H,3-5,12H2,1-2H3. The summed E-state index contributed by atoms with van der Waals surface area (Å²) >= 11 is 1.68. The zero-order chi connectivity index (χ0) is 11.5. The Bertz CT molecular complexity index is 495. The van der Waals surface area contributed by atoms with Gasteiger partial charge in [0.25, 0.3) is 0 Å². The molecule has 0 atom stereocenters. The number of ether oxygens (including phenoxy) is 1. The van der Waals surface area contributed by atoms with E-state index in [0.29, 0.717) is 19.0 Å². The molecule has 0 spiro atoms.